The molecule has 0 atom stereocenters. The summed E-state index contributed by atoms with van der Waals surface area (Å²) in [5, 5.41) is 9.67. The smallest absolute Gasteiger partial charge is 0.354 e. The van der Waals surface area contributed by atoms with E-state index in [1.165, 1.54) is 0 Å². The number of hydrogen-bond donors (Lipinski definition) is 3. The summed E-state index contributed by atoms with van der Waals surface area (Å²) in [6.07, 6.45) is 0.386. The average molecular weight is 284 g/mol. The van der Waals surface area contributed by atoms with E-state index >= 15 is 0 Å². The molecule has 1 aliphatic carbocycles. The highest BCUT2D eigenvalue weighted by Crippen LogP contribution is 2.44. The van der Waals surface area contributed by atoms with E-state index in [9.17, 15) is 18.7 Å². The molecule has 0 heterocycles. The van der Waals surface area contributed by atoms with E-state index in [0.717, 1.165) is 11.1 Å². The van der Waals surface area contributed by atoms with E-state index < -0.39 is 17.4 Å². The maximum absolute atomic E-state index is 13.8. The first-order chi connectivity index (χ1) is 9.26. The Morgan fingerprint density at radius 2 is 2.00 bits per heavy atom. The summed E-state index contributed by atoms with van der Waals surface area (Å²) in [7, 11) is 0. The summed E-state index contributed by atoms with van der Waals surface area (Å²) in [6, 6.07) is 5.45. The molecule has 2 rings (SSSR count). The van der Waals surface area contributed by atoms with E-state index in [2.05, 4.69) is 5.43 Å². The SMILES string of the molecule is Cc1ccc(C)c(NNC(=O)C(F)(F)C2(O)CCC2)c1. The molecular weight excluding hydrogens is 266 g/mol. The fourth-order valence-corrected chi connectivity index (χ4v) is 2.11. The molecule has 20 heavy (non-hydrogen) atoms. The summed E-state index contributed by atoms with van der Waals surface area (Å²) in [5.41, 5.74) is 4.58. The van der Waals surface area contributed by atoms with Crippen molar-refractivity contribution < 1.29 is 18.7 Å². The van der Waals surface area contributed by atoms with Crippen LogP contribution in [0, 0.1) is 13.8 Å². The van der Waals surface area contributed by atoms with E-state index in [1.54, 1.807) is 13.0 Å². The second-order valence-electron chi connectivity index (χ2n) is 5.36. The van der Waals surface area contributed by atoms with Crippen molar-refractivity contribution in [2.45, 2.75) is 44.6 Å². The second kappa shape index (κ2) is 5.01. The third-order valence-electron chi connectivity index (χ3n) is 3.75. The van der Waals surface area contributed by atoms with Crippen molar-refractivity contribution in [1.29, 1.82) is 0 Å². The number of anilines is 1. The second-order valence-corrected chi connectivity index (χ2v) is 5.36. The van der Waals surface area contributed by atoms with Crippen LogP contribution in [-0.2, 0) is 4.79 Å². The number of aliphatic hydroxyl groups is 1. The largest absolute Gasteiger partial charge is 0.383 e. The Kier molecular flexibility index (Phi) is 3.69. The predicted octanol–water partition coefficient (Wildman–Crippen LogP) is 2.30. The monoisotopic (exact) mass is 284 g/mol. The Labute approximate surface area is 116 Å². The highest BCUT2D eigenvalue weighted by Gasteiger charge is 2.61. The molecule has 4 nitrogen and oxygen atoms in total. The van der Waals surface area contributed by atoms with Gasteiger partial charge in [0.1, 0.15) is 5.60 Å². The number of rotatable bonds is 4. The number of nitrogens with one attached hydrogen (secondary N) is 2. The zero-order valence-corrected chi connectivity index (χ0v) is 11.5. The molecule has 0 unspecified atom stereocenters. The zero-order chi connectivity index (χ0) is 15.0. The predicted molar refractivity (Wildman–Crippen MR) is 71.4 cm³/mol. The number of carbonyl (C=O) groups is 1. The number of alkyl halides is 2. The number of benzene rings is 1. The van der Waals surface area contributed by atoms with Gasteiger partial charge < -0.3 is 5.11 Å². The van der Waals surface area contributed by atoms with Crippen LogP contribution in [0.15, 0.2) is 18.2 Å². The highest BCUT2D eigenvalue weighted by atomic mass is 19.3. The van der Waals surface area contributed by atoms with Gasteiger partial charge in [-0.2, -0.15) is 8.78 Å². The molecule has 3 N–H and O–H groups in total. The van der Waals surface area contributed by atoms with Crippen molar-refractivity contribution >= 4 is 11.6 Å². The van der Waals surface area contributed by atoms with Crippen LogP contribution in [0.25, 0.3) is 0 Å². The Balaban J connectivity index is 2.03. The molecule has 1 amide bonds. The molecule has 0 saturated heterocycles. The lowest BCUT2D eigenvalue weighted by molar-refractivity contribution is -0.215. The van der Waals surface area contributed by atoms with Crippen molar-refractivity contribution in [2.75, 3.05) is 5.43 Å². The van der Waals surface area contributed by atoms with Gasteiger partial charge in [0, 0.05) is 0 Å². The number of aryl methyl sites for hydroxylation is 2. The first kappa shape index (κ1) is 14.7. The minimum atomic E-state index is -3.80. The Bertz CT molecular complexity index is 528. The van der Waals surface area contributed by atoms with Crippen LogP contribution in [0.3, 0.4) is 0 Å². The summed E-state index contributed by atoms with van der Waals surface area (Å²) >= 11 is 0. The summed E-state index contributed by atoms with van der Waals surface area (Å²) in [6.45, 7) is 3.66. The van der Waals surface area contributed by atoms with Crippen LogP contribution in [-0.4, -0.2) is 22.5 Å². The molecule has 1 aromatic carbocycles. The Morgan fingerprint density at radius 1 is 1.35 bits per heavy atom. The van der Waals surface area contributed by atoms with Crippen LogP contribution < -0.4 is 10.9 Å². The van der Waals surface area contributed by atoms with Gasteiger partial charge in [-0.05, 0) is 50.3 Å². The van der Waals surface area contributed by atoms with Crippen LogP contribution >= 0.6 is 0 Å². The van der Waals surface area contributed by atoms with Gasteiger partial charge in [0.05, 0.1) is 5.69 Å². The van der Waals surface area contributed by atoms with Crippen LogP contribution in [0.2, 0.25) is 0 Å². The number of amides is 1. The van der Waals surface area contributed by atoms with Gasteiger partial charge >= 0.3 is 11.8 Å². The first-order valence-corrected chi connectivity index (χ1v) is 6.50. The fourth-order valence-electron chi connectivity index (χ4n) is 2.11. The Hall–Kier alpha value is -1.69. The minimum absolute atomic E-state index is 0.0586. The van der Waals surface area contributed by atoms with Gasteiger partial charge in [-0.1, -0.05) is 12.1 Å². The number of carbonyl (C=O) groups excluding carboxylic acids is 1. The van der Waals surface area contributed by atoms with Gasteiger partial charge in [-0.3, -0.25) is 15.6 Å². The number of hydrogen-bond acceptors (Lipinski definition) is 3. The molecule has 0 bridgehead atoms. The van der Waals surface area contributed by atoms with Crippen molar-refractivity contribution in [3.8, 4) is 0 Å². The topological polar surface area (TPSA) is 61.4 Å². The van der Waals surface area contributed by atoms with Gasteiger partial charge in [0.25, 0.3) is 0 Å². The van der Waals surface area contributed by atoms with Crippen molar-refractivity contribution in [2.24, 2.45) is 0 Å². The normalized spacial score (nSPS) is 17.2. The Morgan fingerprint density at radius 3 is 2.55 bits per heavy atom. The van der Waals surface area contributed by atoms with Gasteiger partial charge in [-0.15, -0.1) is 0 Å². The molecule has 1 aromatic rings. The van der Waals surface area contributed by atoms with Crippen LogP contribution in [0.4, 0.5) is 14.5 Å². The van der Waals surface area contributed by atoms with Crippen molar-refractivity contribution in [3.63, 3.8) is 0 Å². The average Bonchev–Trinajstić information content (AvgIpc) is 2.36. The van der Waals surface area contributed by atoms with E-state index in [-0.39, 0.29) is 12.8 Å². The van der Waals surface area contributed by atoms with Crippen LogP contribution in [0.1, 0.15) is 30.4 Å². The summed E-state index contributed by atoms with van der Waals surface area (Å²) in [5.74, 6) is -5.31. The molecule has 0 radical (unpaired) electrons. The lowest BCUT2D eigenvalue weighted by atomic mass is 9.75. The lowest BCUT2D eigenvalue weighted by Crippen LogP contribution is -2.61. The van der Waals surface area contributed by atoms with Crippen LogP contribution in [0.5, 0.6) is 0 Å². The molecule has 110 valence electrons. The third-order valence-corrected chi connectivity index (χ3v) is 3.75. The van der Waals surface area contributed by atoms with Crippen molar-refractivity contribution in [3.05, 3.63) is 29.3 Å². The highest BCUT2D eigenvalue weighted by molar-refractivity contribution is 5.86. The summed E-state index contributed by atoms with van der Waals surface area (Å²) in [4.78, 5) is 11.6. The number of halogens is 2. The molecule has 1 saturated carbocycles. The molecule has 1 aliphatic rings. The zero-order valence-electron chi connectivity index (χ0n) is 11.5. The summed E-state index contributed by atoms with van der Waals surface area (Å²) < 4.78 is 27.7. The minimum Gasteiger partial charge on any atom is -0.383 e. The van der Waals surface area contributed by atoms with Crippen molar-refractivity contribution in [1.82, 2.24) is 5.43 Å². The lowest BCUT2D eigenvalue weighted by Gasteiger charge is -2.41. The molecule has 0 spiro atoms. The van der Waals surface area contributed by atoms with E-state index in [1.807, 2.05) is 24.5 Å². The quantitative estimate of drug-likeness (QED) is 0.743. The van der Waals surface area contributed by atoms with Gasteiger partial charge in [-0.25, -0.2) is 0 Å². The third kappa shape index (κ3) is 2.47. The molecule has 0 aromatic heterocycles. The maximum Gasteiger partial charge on any atom is 0.354 e. The fraction of sp³-hybridized carbons (Fsp3) is 0.500. The number of hydrazine groups is 1. The molecule has 1 fully saturated rings. The molecular formula is C14H18F2N2O2. The van der Waals surface area contributed by atoms with Gasteiger partial charge in [0.2, 0.25) is 0 Å². The molecule has 6 heteroatoms. The standard InChI is InChI=1S/C14H18F2N2O2/c1-9-4-5-10(2)11(8-9)17-18-12(19)14(15,16)13(20)6-3-7-13/h4-5,8,17,20H,3,6-7H2,1-2H3,(H,18,19). The molecule has 0 aliphatic heterocycles. The van der Waals surface area contributed by atoms with E-state index in [0.29, 0.717) is 12.1 Å². The van der Waals surface area contributed by atoms with E-state index in [4.69, 9.17) is 0 Å². The van der Waals surface area contributed by atoms with Gasteiger partial charge in [0.15, 0.2) is 0 Å². The maximum atomic E-state index is 13.8. The first-order valence-electron chi connectivity index (χ1n) is 6.50.